The van der Waals surface area contributed by atoms with Crippen molar-refractivity contribution < 1.29 is 4.74 Å². The molecule has 0 N–H and O–H groups in total. The van der Waals surface area contributed by atoms with Gasteiger partial charge in [-0.3, -0.25) is 4.90 Å². The maximum absolute atomic E-state index is 5.54. The highest BCUT2D eigenvalue weighted by atomic mass is 16.5. The van der Waals surface area contributed by atoms with Gasteiger partial charge >= 0.3 is 0 Å². The molecule has 2 heteroatoms. The highest BCUT2D eigenvalue weighted by Gasteiger charge is 2.36. The Morgan fingerprint density at radius 1 is 1.42 bits per heavy atom. The van der Waals surface area contributed by atoms with Crippen LogP contribution >= 0.6 is 0 Å². The summed E-state index contributed by atoms with van der Waals surface area (Å²) in [4.78, 5) is 2.46. The normalized spacial score (nSPS) is 31.2. The van der Waals surface area contributed by atoms with E-state index in [1.165, 1.54) is 25.8 Å². The van der Waals surface area contributed by atoms with Crippen LogP contribution in [0.3, 0.4) is 0 Å². The third-order valence-corrected chi connectivity index (χ3v) is 3.18. The lowest BCUT2D eigenvalue weighted by molar-refractivity contribution is 0.0287. The van der Waals surface area contributed by atoms with Crippen molar-refractivity contribution in [3.63, 3.8) is 0 Å². The first kappa shape index (κ1) is 10.0. The second-order valence-electron chi connectivity index (χ2n) is 3.74. The van der Waals surface area contributed by atoms with Crippen molar-refractivity contribution in [2.75, 3.05) is 26.8 Å². The summed E-state index contributed by atoms with van der Waals surface area (Å²) in [6.45, 7) is 7.33. The number of hydrogen-bond donors (Lipinski definition) is 0. The van der Waals surface area contributed by atoms with Crippen LogP contribution in [0.4, 0.5) is 0 Å². The van der Waals surface area contributed by atoms with Gasteiger partial charge in [0.15, 0.2) is 0 Å². The zero-order valence-corrected chi connectivity index (χ0v) is 8.60. The average molecular weight is 171 g/mol. The van der Waals surface area contributed by atoms with E-state index in [-0.39, 0.29) is 0 Å². The molecule has 1 heterocycles. The van der Waals surface area contributed by atoms with E-state index in [0.717, 1.165) is 13.2 Å². The van der Waals surface area contributed by atoms with E-state index < -0.39 is 0 Å². The lowest BCUT2D eigenvalue weighted by Crippen LogP contribution is -2.44. The summed E-state index contributed by atoms with van der Waals surface area (Å²) in [5.41, 5.74) is 0.357. The molecule has 0 aromatic rings. The van der Waals surface area contributed by atoms with Crippen LogP contribution in [-0.4, -0.2) is 37.2 Å². The molecule has 72 valence electrons. The van der Waals surface area contributed by atoms with Crippen LogP contribution in [0.15, 0.2) is 0 Å². The number of hydrogen-bond acceptors (Lipinski definition) is 2. The SMILES string of the molecule is CCOC[C@@]1(CC)CCCN1C. The van der Waals surface area contributed by atoms with Gasteiger partial charge < -0.3 is 4.74 Å². The summed E-state index contributed by atoms with van der Waals surface area (Å²) in [5, 5.41) is 0. The van der Waals surface area contributed by atoms with E-state index >= 15 is 0 Å². The summed E-state index contributed by atoms with van der Waals surface area (Å²) in [6, 6.07) is 0. The van der Waals surface area contributed by atoms with Gasteiger partial charge in [0, 0.05) is 12.1 Å². The average Bonchev–Trinajstić information content (AvgIpc) is 2.45. The van der Waals surface area contributed by atoms with E-state index in [1.54, 1.807) is 0 Å². The van der Waals surface area contributed by atoms with Crippen LogP contribution in [0.2, 0.25) is 0 Å². The lowest BCUT2D eigenvalue weighted by atomic mass is 9.94. The third-order valence-electron chi connectivity index (χ3n) is 3.18. The van der Waals surface area contributed by atoms with Crippen LogP contribution in [0.25, 0.3) is 0 Å². The lowest BCUT2D eigenvalue weighted by Gasteiger charge is -2.34. The Labute approximate surface area is 75.9 Å². The minimum absolute atomic E-state index is 0.357. The molecule has 0 radical (unpaired) electrons. The van der Waals surface area contributed by atoms with Gasteiger partial charge in [-0.1, -0.05) is 6.92 Å². The molecular weight excluding hydrogens is 150 g/mol. The van der Waals surface area contributed by atoms with Crippen molar-refractivity contribution in [2.24, 2.45) is 0 Å². The minimum atomic E-state index is 0.357. The van der Waals surface area contributed by atoms with Crippen molar-refractivity contribution >= 4 is 0 Å². The zero-order valence-electron chi connectivity index (χ0n) is 8.60. The van der Waals surface area contributed by atoms with Crippen LogP contribution in [0, 0.1) is 0 Å². The number of likely N-dealkylation sites (tertiary alicyclic amines) is 1. The molecule has 0 unspecified atom stereocenters. The molecule has 1 aliphatic rings. The fourth-order valence-electron chi connectivity index (χ4n) is 2.10. The fourth-order valence-corrected chi connectivity index (χ4v) is 2.10. The molecule has 1 atom stereocenters. The Balaban J connectivity index is 2.49. The first-order chi connectivity index (χ1) is 5.75. The van der Waals surface area contributed by atoms with E-state index in [4.69, 9.17) is 4.74 Å². The Morgan fingerprint density at radius 2 is 2.17 bits per heavy atom. The fraction of sp³-hybridized carbons (Fsp3) is 1.00. The van der Waals surface area contributed by atoms with E-state index in [0.29, 0.717) is 5.54 Å². The molecule has 1 fully saturated rings. The zero-order chi connectivity index (χ0) is 9.03. The van der Waals surface area contributed by atoms with Crippen molar-refractivity contribution in [1.82, 2.24) is 4.90 Å². The number of rotatable bonds is 4. The van der Waals surface area contributed by atoms with Crippen molar-refractivity contribution in [1.29, 1.82) is 0 Å². The van der Waals surface area contributed by atoms with Gasteiger partial charge in [0.25, 0.3) is 0 Å². The molecular formula is C10H21NO. The highest BCUT2D eigenvalue weighted by Crippen LogP contribution is 2.30. The minimum Gasteiger partial charge on any atom is -0.380 e. The standard InChI is InChI=1S/C10H21NO/c1-4-10(9-12-5-2)7-6-8-11(10)3/h4-9H2,1-3H3/t10-/m1/s1. The van der Waals surface area contributed by atoms with E-state index in [9.17, 15) is 0 Å². The summed E-state index contributed by atoms with van der Waals surface area (Å²) >= 11 is 0. The summed E-state index contributed by atoms with van der Waals surface area (Å²) < 4.78 is 5.54. The Morgan fingerprint density at radius 3 is 2.58 bits per heavy atom. The topological polar surface area (TPSA) is 12.5 Å². The largest absolute Gasteiger partial charge is 0.380 e. The molecule has 0 spiro atoms. The van der Waals surface area contributed by atoms with E-state index in [2.05, 4.69) is 25.8 Å². The maximum Gasteiger partial charge on any atom is 0.0650 e. The van der Waals surface area contributed by atoms with Crippen LogP contribution in [0.1, 0.15) is 33.1 Å². The number of likely N-dealkylation sites (N-methyl/N-ethyl adjacent to an activating group) is 1. The monoisotopic (exact) mass is 171 g/mol. The van der Waals surface area contributed by atoms with Crippen LogP contribution in [-0.2, 0) is 4.74 Å². The molecule has 0 aliphatic carbocycles. The summed E-state index contributed by atoms with van der Waals surface area (Å²) in [7, 11) is 2.22. The van der Waals surface area contributed by atoms with Crippen molar-refractivity contribution in [3.8, 4) is 0 Å². The van der Waals surface area contributed by atoms with Gasteiger partial charge in [0.1, 0.15) is 0 Å². The summed E-state index contributed by atoms with van der Waals surface area (Å²) in [5.74, 6) is 0. The predicted octanol–water partition coefficient (Wildman–Crippen LogP) is 1.90. The molecule has 12 heavy (non-hydrogen) atoms. The molecule has 0 amide bonds. The Kier molecular flexibility index (Phi) is 3.53. The molecule has 1 saturated heterocycles. The molecule has 0 bridgehead atoms. The molecule has 0 aromatic carbocycles. The van der Waals surface area contributed by atoms with E-state index in [1.807, 2.05) is 0 Å². The van der Waals surface area contributed by atoms with Crippen LogP contribution < -0.4 is 0 Å². The Hall–Kier alpha value is -0.0800. The molecule has 1 aliphatic heterocycles. The second-order valence-corrected chi connectivity index (χ2v) is 3.74. The van der Waals surface area contributed by atoms with Gasteiger partial charge in [0.2, 0.25) is 0 Å². The Bertz CT molecular complexity index is 138. The van der Waals surface area contributed by atoms with Crippen molar-refractivity contribution in [2.45, 2.75) is 38.6 Å². The molecule has 0 aromatic heterocycles. The van der Waals surface area contributed by atoms with Gasteiger partial charge in [-0.25, -0.2) is 0 Å². The third kappa shape index (κ3) is 1.80. The smallest absolute Gasteiger partial charge is 0.0650 e. The number of ether oxygens (including phenoxy) is 1. The molecule has 2 nitrogen and oxygen atoms in total. The van der Waals surface area contributed by atoms with Gasteiger partial charge in [0.05, 0.1) is 6.61 Å². The second kappa shape index (κ2) is 4.24. The quantitative estimate of drug-likeness (QED) is 0.640. The van der Waals surface area contributed by atoms with Crippen molar-refractivity contribution in [3.05, 3.63) is 0 Å². The molecule has 0 saturated carbocycles. The molecule has 1 rings (SSSR count). The summed E-state index contributed by atoms with van der Waals surface area (Å²) in [6.07, 6.45) is 3.85. The van der Waals surface area contributed by atoms with Gasteiger partial charge in [-0.05, 0) is 39.8 Å². The van der Waals surface area contributed by atoms with Gasteiger partial charge in [-0.2, -0.15) is 0 Å². The van der Waals surface area contributed by atoms with Gasteiger partial charge in [-0.15, -0.1) is 0 Å². The van der Waals surface area contributed by atoms with Crippen LogP contribution in [0.5, 0.6) is 0 Å². The maximum atomic E-state index is 5.54. The first-order valence-electron chi connectivity index (χ1n) is 5.04. The first-order valence-corrected chi connectivity index (χ1v) is 5.04. The predicted molar refractivity (Wildman–Crippen MR) is 51.4 cm³/mol. The highest BCUT2D eigenvalue weighted by molar-refractivity contribution is 4.92. The number of nitrogens with zero attached hydrogens (tertiary/aromatic N) is 1.